The number of thiazole rings is 1. The molecule has 0 atom stereocenters. The summed E-state index contributed by atoms with van der Waals surface area (Å²) in [5.41, 5.74) is 2.10. The first-order valence-corrected chi connectivity index (χ1v) is 5.81. The summed E-state index contributed by atoms with van der Waals surface area (Å²) in [5.74, 6) is 0.154. The van der Waals surface area contributed by atoms with Crippen molar-refractivity contribution >= 4 is 27.3 Å². The van der Waals surface area contributed by atoms with Gasteiger partial charge in [0.15, 0.2) is 10.8 Å². The van der Waals surface area contributed by atoms with Gasteiger partial charge in [0, 0.05) is 5.92 Å². The largest absolute Gasteiger partial charge is 0.291 e. The van der Waals surface area contributed by atoms with Gasteiger partial charge in [0.05, 0.1) is 10.2 Å². The van der Waals surface area contributed by atoms with Crippen molar-refractivity contribution in [3.05, 3.63) is 28.8 Å². The number of rotatable bonds is 2. The van der Waals surface area contributed by atoms with Crippen molar-refractivity contribution < 1.29 is 4.79 Å². The lowest BCUT2D eigenvalue weighted by molar-refractivity contribution is 0.0939. The topological polar surface area (TPSA) is 30.0 Å². The Hall–Kier alpha value is -1.22. The summed E-state index contributed by atoms with van der Waals surface area (Å²) in [6, 6.07) is 6.03. The molecule has 0 fully saturated rings. The third-order valence-corrected chi connectivity index (χ3v) is 3.39. The SMILES string of the molecule is Cc1cccc2sc(C(=O)C(C)C)nc12. The molecule has 2 rings (SSSR count). The molecular weight excluding hydrogens is 206 g/mol. The average Bonchev–Trinajstić information content (AvgIpc) is 2.61. The summed E-state index contributed by atoms with van der Waals surface area (Å²) >= 11 is 1.49. The fourth-order valence-corrected chi connectivity index (χ4v) is 2.57. The molecule has 0 amide bonds. The van der Waals surface area contributed by atoms with E-state index in [1.165, 1.54) is 11.3 Å². The molecule has 1 aromatic heterocycles. The number of para-hydroxylation sites is 1. The number of carbonyl (C=O) groups excluding carboxylic acids is 1. The maximum absolute atomic E-state index is 11.8. The molecule has 0 aliphatic carbocycles. The van der Waals surface area contributed by atoms with Gasteiger partial charge >= 0.3 is 0 Å². The van der Waals surface area contributed by atoms with Crippen LogP contribution in [0.3, 0.4) is 0 Å². The van der Waals surface area contributed by atoms with Crippen LogP contribution in [-0.2, 0) is 0 Å². The Labute approximate surface area is 93.0 Å². The van der Waals surface area contributed by atoms with Crippen LogP contribution in [0, 0.1) is 12.8 Å². The third kappa shape index (κ3) is 1.79. The van der Waals surface area contributed by atoms with E-state index in [9.17, 15) is 4.79 Å². The lowest BCUT2D eigenvalue weighted by atomic mass is 10.1. The standard InChI is InChI=1S/C12H13NOS/c1-7(2)11(14)12-13-10-8(3)5-4-6-9(10)15-12/h4-7H,1-3H3. The molecule has 2 aromatic rings. The van der Waals surface area contributed by atoms with E-state index < -0.39 is 0 Å². The second kappa shape index (κ2) is 3.74. The van der Waals surface area contributed by atoms with Gasteiger partial charge in [-0.2, -0.15) is 0 Å². The average molecular weight is 219 g/mol. The van der Waals surface area contributed by atoms with Crippen LogP contribution >= 0.6 is 11.3 Å². The van der Waals surface area contributed by atoms with Gasteiger partial charge in [0.1, 0.15) is 0 Å². The van der Waals surface area contributed by atoms with Crippen LogP contribution in [0.5, 0.6) is 0 Å². The fraction of sp³-hybridized carbons (Fsp3) is 0.333. The number of Topliss-reactive ketones (excluding diaryl/α,β-unsaturated/α-hetero) is 1. The number of nitrogens with zero attached hydrogens (tertiary/aromatic N) is 1. The van der Waals surface area contributed by atoms with Crippen LogP contribution in [0.2, 0.25) is 0 Å². The first-order chi connectivity index (χ1) is 7.09. The predicted octanol–water partition coefficient (Wildman–Crippen LogP) is 3.44. The minimum atomic E-state index is 0.0193. The van der Waals surface area contributed by atoms with Gasteiger partial charge in [0.25, 0.3) is 0 Å². The van der Waals surface area contributed by atoms with Gasteiger partial charge in [-0.05, 0) is 18.6 Å². The molecule has 2 nitrogen and oxygen atoms in total. The Morgan fingerprint density at radius 2 is 2.13 bits per heavy atom. The summed E-state index contributed by atoms with van der Waals surface area (Å²) in [7, 11) is 0. The Kier molecular flexibility index (Phi) is 2.57. The Morgan fingerprint density at radius 1 is 1.40 bits per heavy atom. The van der Waals surface area contributed by atoms with Crippen molar-refractivity contribution in [2.45, 2.75) is 20.8 Å². The maximum atomic E-state index is 11.8. The summed E-state index contributed by atoms with van der Waals surface area (Å²) in [6.07, 6.45) is 0. The Bertz CT molecular complexity index is 513. The van der Waals surface area contributed by atoms with Crippen molar-refractivity contribution in [2.24, 2.45) is 5.92 Å². The summed E-state index contributed by atoms with van der Waals surface area (Å²) in [4.78, 5) is 16.2. The maximum Gasteiger partial charge on any atom is 0.193 e. The van der Waals surface area contributed by atoms with Gasteiger partial charge in [-0.3, -0.25) is 4.79 Å². The summed E-state index contributed by atoms with van der Waals surface area (Å²) in [6.45, 7) is 5.83. The molecule has 0 N–H and O–H groups in total. The second-order valence-electron chi connectivity index (χ2n) is 3.96. The molecule has 0 spiro atoms. The quantitative estimate of drug-likeness (QED) is 0.724. The van der Waals surface area contributed by atoms with E-state index in [0.29, 0.717) is 5.01 Å². The molecule has 1 aromatic carbocycles. The molecule has 0 aliphatic heterocycles. The molecule has 15 heavy (non-hydrogen) atoms. The highest BCUT2D eigenvalue weighted by molar-refractivity contribution is 7.20. The molecule has 0 aliphatic rings. The molecule has 3 heteroatoms. The van der Waals surface area contributed by atoms with Crippen molar-refractivity contribution in [1.82, 2.24) is 4.98 Å². The van der Waals surface area contributed by atoms with Crippen LogP contribution in [0.1, 0.15) is 29.2 Å². The van der Waals surface area contributed by atoms with Gasteiger partial charge in [-0.1, -0.05) is 26.0 Å². The number of benzene rings is 1. The van der Waals surface area contributed by atoms with E-state index in [4.69, 9.17) is 0 Å². The van der Waals surface area contributed by atoms with Crippen LogP contribution in [0.15, 0.2) is 18.2 Å². The van der Waals surface area contributed by atoms with Crippen LogP contribution in [0.4, 0.5) is 0 Å². The second-order valence-corrected chi connectivity index (χ2v) is 4.99. The molecule has 0 bridgehead atoms. The highest BCUT2D eigenvalue weighted by atomic mass is 32.1. The molecular formula is C12H13NOS. The van der Waals surface area contributed by atoms with Crippen molar-refractivity contribution in [2.75, 3.05) is 0 Å². The van der Waals surface area contributed by atoms with Gasteiger partial charge < -0.3 is 0 Å². The minimum absolute atomic E-state index is 0.0193. The van der Waals surface area contributed by atoms with E-state index >= 15 is 0 Å². The van der Waals surface area contributed by atoms with Gasteiger partial charge in [0.2, 0.25) is 0 Å². The van der Waals surface area contributed by atoms with E-state index in [1.807, 2.05) is 39.0 Å². The Balaban J connectivity index is 2.57. The zero-order chi connectivity index (χ0) is 11.0. The van der Waals surface area contributed by atoms with E-state index in [-0.39, 0.29) is 11.7 Å². The number of aryl methyl sites for hydroxylation is 1. The van der Waals surface area contributed by atoms with E-state index in [2.05, 4.69) is 4.98 Å². The lowest BCUT2D eigenvalue weighted by Crippen LogP contribution is -2.06. The van der Waals surface area contributed by atoms with Crippen LogP contribution in [0.25, 0.3) is 10.2 Å². The number of hydrogen-bond acceptors (Lipinski definition) is 3. The zero-order valence-corrected chi connectivity index (χ0v) is 9.89. The summed E-state index contributed by atoms with van der Waals surface area (Å²) in [5, 5.41) is 0.634. The van der Waals surface area contributed by atoms with E-state index in [0.717, 1.165) is 15.8 Å². The molecule has 78 valence electrons. The molecule has 0 saturated heterocycles. The summed E-state index contributed by atoms with van der Waals surface area (Å²) < 4.78 is 1.10. The fourth-order valence-electron chi connectivity index (χ4n) is 1.44. The lowest BCUT2D eigenvalue weighted by Gasteiger charge is -1.97. The number of aromatic nitrogens is 1. The van der Waals surface area contributed by atoms with Crippen LogP contribution in [-0.4, -0.2) is 10.8 Å². The minimum Gasteiger partial charge on any atom is -0.291 e. The number of ketones is 1. The van der Waals surface area contributed by atoms with Crippen molar-refractivity contribution in [3.8, 4) is 0 Å². The van der Waals surface area contributed by atoms with Crippen LogP contribution < -0.4 is 0 Å². The van der Waals surface area contributed by atoms with Gasteiger partial charge in [-0.25, -0.2) is 4.98 Å². The predicted molar refractivity (Wildman–Crippen MR) is 63.5 cm³/mol. The molecule has 0 saturated carbocycles. The highest BCUT2D eigenvalue weighted by Crippen LogP contribution is 2.25. The van der Waals surface area contributed by atoms with Crippen molar-refractivity contribution in [1.29, 1.82) is 0 Å². The monoisotopic (exact) mass is 219 g/mol. The normalized spacial score (nSPS) is 11.2. The zero-order valence-electron chi connectivity index (χ0n) is 9.07. The number of fused-ring (bicyclic) bond motifs is 1. The van der Waals surface area contributed by atoms with E-state index in [1.54, 1.807) is 0 Å². The number of hydrogen-bond donors (Lipinski definition) is 0. The Morgan fingerprint density at radius 3 is 2.73 bits per heavy atom. The first kappa shape index (κ1) is 10.3. The molecule has 0 unspecified atom stereocenters. The smallest absolute Gasteiger partial charge is 0.193 e. The molecule has 0 radical (unpaired) electrons. The number of carbonyl (C=O) groups is 1. The first-order valence-electron chi connectivity index (χ1n) is 5.00. The van der Waals surface area contributed by atoms with Gasteiger partial charge in [-0.15, -0.1) is 11.3 Å². The van der Waals surface area contributed by atoms with Crippen molar-refractivity contribution in [3.63, 3.8) is 0 Å². The molecule has 1 heterocycles. The highest BCUT2D eigenvalue weighted by Gasteiger charge is 2.15. The third-order valence-electron chi connectivity index (χ3n) is 2.36.